The molecule has 0 bridgehead atoms. The molecule has 1 rings (SSSR count). The SMILES string of the molecule is CC/C=C\C/C=C\C/C=C\C/C=C\C/C=C\C/C=C\C/C=C\CCCCCCOCC(COC1OC(CO)C(O)C(O)C1O)OC(=O)CCCC/C=C\C/C=C\C/C=C\C/C=C\C/C=C\C/C=C\CC. The lowest BCUT2D eigenvalue weighted by Gasteiger charge is -2.39. The van der Waals surface area contributed by atoms with Gasteiger partial charge in [0, 0.05) is 13.0 Å². The number of allylic oxidation sites excluding steroid dienone is 26. The molecule has 392 valence electrons. The van der Waals surface area contributed by atoms with Gasteiger partial charge in [-0.2, -0.15) is 0 Å². The number of carbonyl (C=O) groups excluding carboxylic acids is 1. The third-order valence-electron chi connectivity index (χ3n) is 10.9. The van der Waals surface area contributed by atoms with Gasteiger partial charge in [0.25, 0.3) is 0 Å². The van der Waals surface area contributed by atoms with Gasteiger partial charge >= 0.3 is 5.97 Å². The van der Waals surface area contributed by atoms with Gasteiger partial charge in [0.05, 0.1) is 19.8 Å². The Bertz CT molecular complexity index is 1620. The fraction of sp³-hybridized carbons (Fsp3) is 0.557. The second kappa shape index (κ2) is 49.8. The van der Waals surface area contributed by atoms with E-state index in [1.165, 1.54) is 0 Å². The first-order chi connectivity index (χ1) is 34.4. The van der Waals surface area contributed by atoms with E-state index in [1.54, 1.807) is 0 Å². The van der Waals surface area contributed by atoms with Crippen molar-refractivity contribution in [2.45, 2.75) is 192 Å². The quantitative estimate of drug-likeness (QED) is 0.0268. The zero-order chi connectivity index (χ0) is 50.6. The number of unbranched alkanes of at least 4 members (excludes halogenated alkanes) is 6. The van der Waals surface area contributed by atoms with E-state index in [1.807, 2.05) is 0 Å². The number of aliphatic hydroxyl groups is 4. The molecule has 0 aromatic heterocycles. The molecule has 4 N–H and O–H groups in total. The van der Waals surface area contributed by atoms with Gasteiger partial charge in [-0.1, -0.05) is 185 Å². The Morgan fingerprint density at radius 3 is 1.23 bits per heavy atom. The molecule has 1 saturated heterocycles. The topological polar surface area (TPSA) is 135 Å². The Kier molecular flexibility index (Phi) is 45.4. The highest BCUT2D eigenvalue weighted by Gasteiger charge is 2.44. The molecule has 1 aliphatic rings. The molecular weight excluding hydrogens is 877 g/mol. The summed E-state index contributed by atoms with van der Waals surface area (Å²) < 4.78 is 22.8. The molecule has 0 aromatic carbocycles. The summed E-state index contributed by atoms with van der Waals surface area (Å²) in [6.45, 7) is 4.18. The van der Waals surface area contributed by atoms with Gasteiger partial charge in [0.2, 0.25) is 0 Å². The van der Waals surface area contributed by atoms with Gasteiger partial charge in [0.15, 0.2) is 6.29 Å². The average molecular weight is 971 g/mol. The molecule has 0 aliphatic carbocycles. The Morgan fingerprint density at radius 2 is 0.829 bits per heavy atom. The Labute approximate surface area is 424 Å². The summed E-state index contributed by atoms with van der Waals surface area (Å²) in [5.74, 6) is -0.373. The number of aliphatic hydroxyl groups excluding tert-OH is 4. The number of rotatable bonds is 43. The van der Waals surface area contributed by atoms with Crippen LogP contribution < -0.4 is 0 Å². The lowest BCUT2D eigenvalue weighted by molar-refractivity contribution is -0.305. The van der Waals surface area contributed by atoms with Crippen LogP contribution in [0, 0.1) is 0 Å². The minimum Gasteiger partial charge on any atom is -0.457 e. The van der Waals surface area contributed by atoms with Crippen molar-refractivity contribution in [3.63, 3.8) is 0 Å². The second-order valence-electron chi connectivity index (χ2n) is 17.2. The largest absolute Gasteiger partial charge is 0.457 e. The molecule has 1 aliphatic heterocycles. The summed E-state index contributed by atoms with van der Waals surface area (Å²) in [5.41, 5.74) is 0. The molecule has 6 unspecified atom stereocenters. The van der Waals surface area contributed by atoms with Crippen molar-refractivity contribution < 1.29 is 44.2 Å². The highest BCUT2D eigenvalue weighted by Crippen LogP contribution is 2.22. The summed E-state index contributed by atoms with van der Waals surface area (Å²) >= 11 is 0. The van der Waals surface area contributed by atoms with E-state index in [4.69, 9.17) is 18.9 Å². The summed E-state index contributed by atoms with van der Waals surface area (Å²) in [6, 6.07) is 0. The molecule has 9 nitrogen and oxygen atoms in total. The van der Waals surface area contributed by atoms with Crippen LogP contribution in [0.15, 0.2) is 158 Å². The van der Waals surface area contributed by atoms with Crippen LogP contribution in [0.2, 0.25) is 0 Å². The van der Waals surface area contributed by atoms with Crippen molar-refractivity contribution in [2.75, 3.05) is 26.4 Å². The van der Waals surface area contributed by atoms with E-state index in [0.717, 1.165) is 128 Å². The predicted octanol–water partition coefficient (Wildman–Crippen LogP) is 13.6. The van der Waals surface area contributed by atoms with Crippen LogP contribution >= 0.6 is 0 Å². The summed E-state index contributed by atoms with van der Waals surface area (Å²) in [6.07, 6.45) is 69.9. The first kappa shape index (κ1) is 63.8. The zero-order valence-corrected chi connectivity index (χ0v) is 43.2. The number of esters is 1. The van der Waals surface area contributed by atoms with Crippen LogP contribution in [0.3, 0.4) is 0 Å². The Morgan fingerprint density at radius 1 is 0.457 bits per heavy atom. The maximum Gasteiger partial charge on any atom is 0.306 e. The van der Waals surface area contributed by atoms with Gasteiger partial charge in [-0.25, -0.2) is 0 Å². The van der Waals surface area contributed by atoms with Gasteiger partial charge < -0.3 is 39.4 Å². The Hall–Kier alpha value is -4.19. The fourth-order valence-electron chi connectivity index (χ4n) is 6.88. The fourth-order valence-corrected chi connectivity index (χ4v) is 6.88. The normalized spacial score (nSPS) is 20.2. The van der Waals surface area contributed by atoms with E-state index in [0.29, 0.717) is 13.0 Å². The highest BCUT2D eigenvalue weighted by atomic mass is 16.7. The van der Waals surface area contributed by atoms with Crippen LogP contribution in [-0.2, 0) is 23.7 Å². The third-order valence-corrected chi connectivity index (χ3v) is 10.9. The van der Waals surface area contributed by atoms with Gasteiger partial charge in [0.1, 0.15) is 30.5 Å². The van der Waals surface area contributed by atoms with Crippen molar-refractivity contribution in [3.05, 3.63) is 158 Å². The lowest BCUT2D eigenvalue weighted by Crippen LogP contribution is -2.59. The number of hydrogen-bond donors (Lipinski definition) is 4. The van der Waals surface area contributed by atoms with Crippen LogP contribution in [0.1, 0.15) is 155 Å². The molecule has 0 saturated carbocycles. The average Bonchev–Trinajstić information content (AvgIpc) is 3.36. The van der Waals surface area contributed by atoms with Crippen molar-refractivity contribution in [2.24, 2.45) is 0 Å². The monoisotopic (exact) mass is 971 g/mol. The van der Waals surface area contributed by atoms with Crippen molar-refractivity contribution in [1.29, 1.82) is 0 Å². The van der Waals surface area contributed by atoms with Gasteiger partial charge in [-0.15, -0.1) is 0 Å². The standard InChI is InChI=1S/C61H94O9/c1-3-5-7-9-11-13-15-17-19-21-23-25-26-27-28-29-31-33-35-37-39-41-43-45-47-49-51-67-53-55(54-68-61-60(66)59(65)58(64)56(52-62)70-61)69-57(63)50-48-46-44-42-40-38-36-34-32-30-24-22-20-18-16-14-12-10-8-6-4-2/h5-8,11-14,17-20,23-25,27-28,30-31,33-34,36-37,39-40,42,55-56,58-62,64-66H,3-4,9-10,15-16,21-22,26,29,32,35,38,41,43-54H2,1-2H3/b7-5-,8-6-,13-11-,14-12-,19-17-,20-18-,25-23-,28-27-,30-24-,33-31-,36-34-,39-37-,42-40-. The molecule has 6 atom stereocenters. The number of ether oxygens (including phenoxy) is 4. The molecule has 70 heavy (non-hydrogen) atoms. The van der Waals surface area contributed by atoms with E-state index < -0.39 is 43.4 Å². The summed E-state index contributed by atoms with van der Waals surface area (Å²) in [5, 5.41) is 40.3. The maximum atomic E-state index is 12.8. The predicted molar refractivity (Wildman–Crippen MR) is 292 cm³/mol. The minimum absolute atomic E-state index is 0.0963. The molecule has 9 heteroatoms. The molecule has 1 fully saturated rings. The number of hydrogen-bond acceptors (Lipinski definition) is 9. The maximum absolute atomic E-state index is 12.8. The summed E-state index contributed by atoms with van der Waals surface area (Å²) in [7, 11) is 0. The molecule has 0 aromatic rings. The summed E-state index contributed by atoms with van der Waals surface area (Å²) in [4.78, 5) is 12.8. The lowest BCUT2D eigenvalue weighted by atomic mass is 9.99. The molecule has 0 spiro atoms. The van der Waals surface area contributed by atoms with Gasteiger partial charge in [-0.05, 0) is 122 Å². The smallest absolute Gasteiger partial charge is 0.306 e. The Balaban J connectivity index is 2.29. The first-order valence-corrected chi connectivity index (χ1v) is 26.6. The van der Waals surface area contributed by atoms with E-state index in [9.17, 15) is 25.2 Å². The van der Waals surface area contributed by atoms with E-state index >= 15 is 0 Å². The molecule has 0 radical (unpaired) electrons. The third kappa shape index (κ3) is 39.5. The van der Waals surface area contributed by atoms with E-state index in [2.05, 4.69) is 172 Å². The highest BCUT2D eigenvalue weighted by molar-refractivity contribution is 5.69. The molecule has 0 amide bonds. The van der Waals surface area contributed by atoms with Crippen LogP contribution in [-0.4, -0.2) is 89.6 Å². The van der Waals surface area contributed by atoms with Crippen LogP contribution in [0.5, 0.6) is 0 Å². The molecule has 1 heterocycles. The first-order valence-electron chi connectivity index (χ1n) is 26.6. The minimum atomic E-state index is -1.56. The second-order valence-corrected chi connectivity index (χ2v) is 17.2. The van der Waals surface area contributed by atoms with Crippen LogP contribution in [0.25, 0.3) is 0 Å². The zero-order valence-electron chi connectivity index (χ0n) is 43.2. The van der Waals surface area contributed by atoms with Crippen molar-refractivity contribution >= 4 is 5.97 Å². The van der Waals surface area contributed by atoms with Gasteiger partial charge in [-0.3, -0.25) is 4.79 Å². The van der Waals surface area contributed by atoms with E-state index in [-0.39, 0.29) is 25.6 Å². The number of carbonyl (C=O) groups is 1. The van der Waals surface area contributed by atoms with Crippen molar-refractivity contribution in [3.8, 4) is 0 Å². The van der Waals surface area contributed by atoms with Crippen molar-refractivity contribution in [1.82, 2.24) is 0 Å². The van der Waals surface area contributed by atoms with Crippen LogP contribution in [0.4, 0.5) is 0 Å². The molecular formula is C61H94O9.